The lowest BCUT2D eigenvalue weighted by atomic mass is 10.3. The zero-order valence-corrected chi connectivity index (χ0v) is 7.10. The highest BCUT2D eigenvalue weighted by molar-refractivity contribution is 6.03. The molecule has 2 heterocycles. The van der Waals surface area contributed by atoms with E-state index in [-0.39, 0.29) is 0 Å². The number of nitrogens with two attached hydrogens (primary N) is 1. The van der Waals surface area contributed by atoms with Crippen molar-refractivity contribution >= 4 is 17.5 Å². The highest BCUT2D eigenvalue weighted by Gasteiger charge is 2.10. The number of aliphatic imine (C=N–C) groups is 1. The molecule has 7 nitrogen and oxygen atoms in total. The first kappa shape index (κ1) is 7.87. The summed E-state index contributed by atoms with van der Waals surface area (Å²) in [6.45, 7) is 1.89. The number of rotatable bonds is 0. The monoisotopic (exact) mass is 179 g/mol. The van der Waals surface area contributed by atoms with Gasteiger partial charge in [0, 0.05) is 12.1 Å². The summed E-state index contributed by atoms with van der Waals surface area (Å²) in [6.07, 6.45) is 2.10. The second kappa shape index (κ2) is 2.94. The van der Waals surface area contributed by atoms with E-state index in [0.29, 0.717) is 18.2 Å². The lowest BCUT2D eigenvalue weighted by molar-refractivity contribution is 0.873. The highest BCUT2D eigenvalue weighted by Crippen LogP contribution is 2.11. The quantitative estimate of drug-likeness (QED) is 0.410. The van der Waals surface area contributed by atoms with Crippen molar-refractivity contribution in [1.29, 1.82) is 0 Å². The molecule has 7 heteroatoms. The van der Waals surface area contributed by atoms with E-state index in [1.54, 1.807) is 0 Å². The van der Waals surface area contributed by atoms with Gasteiger partial charge in [-0.3, -0.25) is 0 Å². The Morgan fingerprint density at radius 1 is 1.62 bits per heavy atom. The standard InChI is InChI=1S/C6H9N7/c1-4-2-5(10-7)9-6-11-8-3-13(6)12-4/h3H,2,7H2,1H3,(H,9,10,11). The molecule has 0 fully saturated rings. The van der Waals surface area contributed by atoms with Crippen molar-refractivity contribution in [1.82, 2.24) is 20.3 Å². The molecule has 1 aliphatic heterocycles. The van der Waals surface area contributed by atoms with Crippen LogP contribution < -0.4 is 11.3 Å². The molecular weight excluding hydrogens is 170 g/mol. The lowest BCUT2D eigenvalue weighted by Crippen LogP contribution is -2.31. The zero-order chi connectivity index (χ0) is 9.26. The number of fused-ring (bicyclic) bond motifs is 1. The van der Waals surface area contributed by atoms with Crippen molar-refractivity contribution in [2.45, 2.75) is 13.3 Å². The minimum absolute atomic E-state index is 0.435. The van der Waals surface area contributed by atoms with Crippen molar-refractivity contribution < 1.29 is 0 Å². The van der Waals surface area contributed by atoms with E-state index in [2.05, 4.69) is 25.7 Å². The summed E-state index contributed by atoms with van der Waals surface area (Å²) in [5, 5.41) is 11.6. The topological polar surface area (TPSA) is 93.5 Å². The average molecular weight is 179 g/mol. The van der Waals surface area contributed by atoms with Gasteiger partial charge in [0.15, 0.2) is 0 Å². The number of nitrogens with one attached hydrogen (secondary N) is 1. The first-order valence-electron chi connectivity index (χ1n) is 3.78. The van der Waals surface area contributed by atoms with Crippen LogP contribution in [0.4, 0.5) is 5.95 Å². The van der Waals surface area contributed by atoms with Crippen LogP contribution in [-0.2, 0) is 0 Å². The summed E-state index contributed by atoms with van der Waals surface area (Å²) in [5.74, 6) is 6.33. The third-order valence-electron chi connectivity index (χ3n) is 1.62. The molecular formula is C6H9N7. The Bertz CT molecular complexity index is 374. The van der Waals surface area contributed by atoms with E-state index in [0.717, 1.165) is 5.71 Å². The van der Waals surface area contributed by atoms with Crippen LogP contribution in [0.25, 0.3) is 0 Å². The van der Waals surface area contributed by atoms with E-state index < -0.39 is 0 Å². The summed E-state index contributed by atoms with van der Waals surface area (Å²) in [4.78, 5) is 4.12. The molecule has 1 aliphatic rings. The molecule has 0 unspecified atom stereocenters. The van der Waals surface area contributed by atoms with Gasteiger partial charge in [-0.25, -0.2) is 5.84 Å². The second-order valence-corrected chi connectivity index (χ2v) is 2.69. The second-order valence-electron chi connectivity index (χ2n) is 2.69. The molecule has 13 heavy (non-hydrogen) atoms. The predicted octanol–water partition coefficient (Wildman–Crippen LogP) is -0.601. The van der Waals surface area contributed by atoms with Gasteiger partial charge in [0.05, 0.1) is 0 Å². The van der Waals surface area contributed by atoms with Gasteiger partial charge in [-0.1, -0.05) is 0 Å². The Morgan fingerprint density at radius 3 is 3.23 bits per heavy atom. The summed E-state index contributed by atoms with van der Waals surface area (Å²) in [7, 11) is 0. The Morgan fingerprint density at radius 2 is 2.46 bits per heavy atom. The molecule has 1 aromatic heterocycles. The molecule has 0 aliphatic carbocycles. The van der Waals surface area contributed by atoms with Crippen LogP contribution in [0.1, 0.15) is 13.3 Å². The molecule has 0 saturated heterocycles. The molecule has 0 aromatic carbocycles. The van der Waals surface area contributed by atoms with Crippen molar-refractivity contribution in [3.8, 4) is 0 Å². The number of hydrazine groups is 1. The fourth-order valence-corrected chi connectivity index (χ4v) is 1.07. The highest BCUT2D eigenvalue weighted by atomic mass is 15.5. The number of amidine groups is 1. The number of hydrogen-bond acceptors (Lipinski definition) is 6. The predicted molar refractivity (Wildman–Crippen MR) is 47.6 cm³/mol. The van der Waals surface area contributed by atoms with Crippen LogP contribution in [0.3, 0.4) is 0 Å². The molecule has 1 aromatic rings. The first-order valence-corrected chi connectivity index (χ1v) is 3.78. The van der Waals surface area contributed by atoms with E-state index in [1.165, 1.54) is 11.0 Å². The maximum absolute atomic E-state index is 5.27. The van der Waals surface area contributed by atoms with E-state index >= 15 is 0 Å². The van der Waals surface area contributed by atoms with Gasteiger partial charge in [-0.2, -0.15) is 14.8 Å². The van der Waals surface area contributed by atoms with Crippen molar-refractivity contribution in [3.05, 3.63) is 6.33 Å². The minimum atomic E-state index is 0.435. The van der Waals surface area contributed by atoms with Gasteiger partial charge in [0.25, 0.3) is 5.95 Å². The molecule has 0 amide bonds. The fourth-order valence-electron chi connectivity index (χ4n) is 1.07. The van der Waals surface area contributed by atoms with Crippen molar-refractivity contribution in [3.63, 3.8) is 0 Å². The minimum Gasteiger partial charge on any atom is -0.312 e. The van der Waals surface area contributed by atoms with Crippen LogP contribution in [0.5, 0.6) is 0 Å². The zero-order valence-electron chi connectivity index (χ0n) is 7.10. The average Bonchev–Trinajstić information content (AvgIpc) is 2.46. The molecule has 68 valence electrons. The first-order chi connectivity index (χ1) is 6.29. The summed E-state index contributed by atoms with van der Waals surface area (Å²) < 4.78 is 1.51. The lowest BCUT2D eigenvalue weighted by Gasteiger charge is -1.99. The van der Waals surface area contributed by atoms with Gasteiger partial charge in [-0.15, -0.1) is 10.2 Å². The molecule has 2 rings (SSSR count). The molecule has 0 bridgehead atoms. The molecule has 0 radical (unpaired) electrons. The summed E-state index contributed by atoms with van der Waals surface area (Å²) in [6, 6.07) is 0. The Labute approximate surface area is 74.3 Å². The van der Waals surface area contributed by atoms with Crippen LogP contribution >= 0.6 is 0 Å². The van der Waals surface area contributed by atoms with Gasteiger partial charge in [0.2, 0.25) is 0 Å². The van der Waals surface area contributed by atoms with Crippen molar-refractivity contribution in [2.75, 3.05) is 0 Å². The third kappa shape index (κ3) is 1.41. The molecule has 0 spiro atoms. The molecule has 3 N–H and O–H groups in total. The van der Waals surface area contributed by atoms with Gasteiger partial charge >= 0.3 is 0 Å². The third-order valence-corrected chi connectivity index (χ3v) is 1.62. The van der Waals surface area contributed by atoms with Gasteiger partial charge in [0.1, 0.15) is 12.2 Å². The van der Waals surface area contributed by atoms with Gasteiger partial charge < -0.3 is 5.43 Å². The van der Waals surface area contributed by atoms with E-state index in [4.69, 9.17) is 5.84 Å². The van der Waals surface area contributed by atoms with Crippen LogP contribution in [0.2, 0.25) is 0 Å². The van der Waals surface area contributed by atoms with Crippen LogP contribution in [-0.4, -0.2) is 26.4 Å². The van der Waals surface area contributed by atoms with Crippen LogP contribution in [0, 0.1) is 0 Å². The number of aromatic nitrogens is 3. The van der Waals surface area contributed by atoms with E-state index in [9.17, 15) is 0 Å². The fraction of sp³-hybridized carbons (Fsp3) is 0.333. The Balaban J connectivity index is 2.49. The van der Waals surface area contributed by atoms with Crippen molar-refractivity contribution in [2.24, 2.45) is 15.9 Å². The molecule has 0 atom stereocenters. The smallest absolute Gasteiger partial charge is 0.273 e. The Hall–Kier alpha value is -1.76. The Kier molecular flexibility index (Phi) is 1.78. The number of hydrogen-bond donors (Lipinski definition) is 2. The summed E-state index contributed by atoms with van der Waals surface area (Å²) >= 11 is 0. The largest absolute Gasteiger partial charge is 0.312 e. The normalized spacial score (nSPS) is 15.5. The summed E-state index contributed by atoms with van der Waals surface area (Å²) in [5.41, 5.74) is 3.39. The van der Waals surface area contributed by atoms with Crippen LogP contribution in [0.15, 0.2) is 16.4 Å². The SMILES string of the molecule is CC1=Nn2cnnc2N=C(NN)C1. The maximum Gasteiger partial charge on any atom is 0.273 e. The van der Waals surface area contributed by atoms with E-state index in [1.807, 2.05) is 6.92 Å². The molecule has 0 saturated carbocycles. The maximum atomic E-state index is 5.27. The number of nitrogens with zero attached hydrogens (tertiary/aromatic N) is 5. The van der Waals surface area contributed by atoms with Gasteiger partial charge in [-0.05, 0) is 6.92 Å².